The van der Waals surface area contributed by atoms with Gasteiger partial charge in [0.15, 0.2) is 0 Å². The van der Waals surface area contributed by atoms with E-state index >= 15 is 0 Å². The molecule has 58 heavy (non-hydrogen) atoms. The normalized spacial score (nSPS) is 24.3. The molecule has 0 bridgehead atoms. The van der Waals surface area contributed by atoms with Crippen molar-refractivity contribution in [2.75, 3.05) is 50.8 Å². The number of aromatic hydroxyl groups is 1. The zero-order valence-corrected chi connectivity index (χ0v) is 34.3. The first kappa shape index (κ1) is 40.1. The molecule has 2 N–H and O–H groups in total. The molecule has 6 heterocycles. The highest BCUT2D eigenvalue weighted by Gasteiger charge is 2.49. The Kier molecular flexibility index (Phi) is 12.0. The van der Waals surface area contributed by atoms with E-state index in [1.54, 1.807) is 11.0 Å². The van der Waals surface area contributed by atoms with Crippen molar-refractivity contribution in [1.82, 2.24) is 15.1 Å². The number of ether oxygens (including phenoxy) is 2. The highest BCUT2D eigenvalue weighted by molar-refractivity contribution is 6.05. The quantitative estimate of drug-likeness (QED) is 0.213. The number of fused-ring (bicyclic) bond motifs is 5. The summed E-state index contributed by atoms with van der Waals surface area (Å²) in [5, 5.41) is 11.6. The van der Waals surface area contributed by atoms with Gasteiger partial charge in [0, 0.05) is 53.8 Å². The van der Waals surface area contributed by atoms with Crippen molar-refractivity contribution < 1.29 is 29.0 Å². The number of rotatable bonds is 4. The Morgan fingerprint density at radius 2 is 1.60 bits per heavy atom. The fraction of sp³-hybridized carbons (Fsp3) is 0.521. The molecule has 3 amide bonds. The molecule has 3 aromatic carbocycles. The number of piperidine rings is 3. The van der Waals surface area contributed by atoms with Crippen molar-refractivity contribution >= 4 is 23.4 Å². The number of allylic oxidation sites excluding steroid dienone is 2. The van der Waals surface area contributed by atoms with Crippen molar-refractivity contribution in [3.8, 4) is 11.5 Å². The Hall–Kier alpha value is -4.67. The van der Waals surface area contributed by atoms with E-state index in [1.165, 1.54) is 41.6 Å². The summed E-state index contributed by atoms with van der Waals surface area (Å²) < 4.78 is 12.9. The summed E-state index contributed by atoms with van der Waals surface area (Å²) in [6.07, 6.45) is 15.0. The van der Waals surface area contributed by atoms with Crippen LogP contribution in [0.2, 0.25) is 0 Å². The highest BCUT2D eigenvalue weighted by Crippen LogP contribution is 2.50. The van der Waals surface area contributed by atoms with Gasteiger partial charge in [0.05, 0.1) is 25.4 Å². The van der Waals surface area contributed by atoms with Crippen LogP contribution in [-0.4, -0.2) is 90.2 Å². The largest absolute Gasteiger partial charge is 0.508 e. The third-order valence-electron chi connectivity index (χ3n) is 13.8. The maximum Gasteiger partial charge on any atom is 0.255 e. The second-order valence-electron chi connectivity index (χ2n) is 17.5. The van der Waals surface area contributed by atoms with Crippen LogP contribution >= 0.6 is 0 Å². The second-order valence-corrected chi connectivity index (χ2v) is 17.5. The van der Waals surface area contributed by atoms with E-state index in [0.29, 0.717) is 36.8 Å². The molecule has 4 fully saturated rings. The van der Waals surface area contributed by atoms with Crippen LogP contribution in [0.1, 0.15) is 104 Å². The van der Waals surface area contributed by atoms with Crippen LogP contribution in [0, 0.1) is 5.92 Å². The van der Waals surface area contributed by atoms with Gasteiger partial charge in [-0.05, 0) is 139 Å². The van der Waals surface area contributed by atoms with E-state index in [2.05, 4.69) is 51.5 Å². The number of amides is 3. The van der Waals surface area contributed by atoms with E-state index in [9.17, 15) is 19.5 Å². The minimum Gasteiger partial charge on any atom is -0.508 e. The van der Waals surface area contributed by atoms with Crippen molar-refractivity contribution in [3.05, 3.63) is 101 Å². The van der Waals surface area contributed by atoms with Gasteiger partial charge in [-0.2, -0.15) is 0 Å². The average molecular weight is 789 g/mol. The van der Waals surface area contributed by atoms with Crippen LogP contribution in [0.15, 0.2) is 72.8 Å². The molecule has 2 atom stereocenters. The number of nitrogens with one attached hydrogen (secondary N) is 1. The maximum absolute atomic E-state index is 13.3. The SMILES string of the molecule is C/C=C\C.O=C1CCC(N2Cc3c(ccc4c3OCC43CCN(CC4COC5(CCN(c6ccccc6)CC5)C4)CC3)C2=O)C(=O)N1.Oc1ccc2c(c1)CCCC2. The molecule has 6 aliphatic heterocycles. The summed E-state index contributed by atoms with van der Waals surface area (Å²) in [7, 11) is 0. The van der Waals surface area contributed by atoms with Crippen molar-refractivity contribution in [3.63, 3.8) is 0 Å². The van der Waals surface area contributed by atoms with E-state index in [-0.39, 0.29) is 35.2 Å². The predicted octanol–water partition coefficient (Wildman–Crippen LogP) is 7.10. The number of hydrogen-bond donors (Lipinski definition) is 2. The van der Waals surface area contributed by atoms with Gasteiger partial charge >= 0.3 is 0 Å². The molecular formula is C48H60N4O6. The number of phenols is 1. The number of hydrogen-bond acceptors (Lipinski definition) is 8. The minimum atomic E-state index is -0.609. The molecule has 3 aromatic rings. The molecule has 10 nitrogen and oxygen atoms in total. The summed E-state index contributed by atoms with van der Waals surface area (Å²) in [6.45, 7) is 11.1. The Labute approximate surface area is 343 Å². The maximum atomic E-state index is 13.3. The summed E-state index contributed by atoms with van der Waals surface area (Å²) in [5.41, 5.74) is 6.85. The van der Waals surface area contributed by atoms with E-state index < -0.39 is 6.04 Å². The highest BCUT2D eigenvalue weighted by atomic mass is 16.5. The summed E-state index contributed by atoms with van der Waals surface area (Å²) in [6, 6.07) is 19.9. The van der Waals surface area contributed by atoms with E-state index in [1.807, 2.05) is 44.2 Å². The van der Waals surface area contributed by atoms with Crippen molar-refractivity contribution in [2.24, 2.45) is 5.92 Å². The third-order valence-corrected chi connectivity index (χ3v) is 13.8. The summed E-state index contributed by atoms with van der Waals surface area (Å²) in [5.74, 6) is 1.04. The summed E-state index contributed by atoms with van der Waals surface area (Å²) in [4.78, 5) is 44.1. The number of para-hydroxylation sites is 1. The first-order valence-electron chi connectivity index (χ1n) is 21.7. The molecule has 0 radical (unpaired) electrons. The number of aryl methyl sites for hydroxylation is 2. The lowest BCUT2D eigenvalue weighted by Crippen LogP contribution is -2.52. The summed E-state index contributed by atoms with van der Waals surface area (Å²) >= 11 is 0. The predicted molar refractivity (Wildman–Crippen MR) is 225 cm³/mol. The van der Waals surface area contributed by atoms with Crippen molar-refractivity contribution in [1.29, 1.82) is 0 Å². The monoisotopic (exact) mass is 788 g/mol. The first-order chi connectivity index (χ1) is 28.2. The third kappa shape index (κ3) is 8.28. The smallest absolute Gasteiger partial charge is 0.255 e. The lowest BCUT2D eigenvalue weighted by molar-refractivity contribution is -0.136. The fourth-order valence-corrected chi connectivity index (χ4v) is 10.4. The topological polar surface area (TPSA) is 112 Å². The number of carbonyl (C=O) groups is 3. The second kappa shape index (κ2) is 17.3. The minimum absolute atomic E-state index is 0.0242. The van der Waals surface area contributed by atoms with Gasteiger partial charge in [0.25, 0.3) is 5.91 Å². The number of benzene rings is 3. The van der Waals surface area contributed by atoms with Gasteiger partial charge in [0.1, 0.15) is 17.5 Å². The Morgan fingerprint density at radius 3 is 2.33 bits per heavy atom. The lowest BCUT2D eigenvalue weighted by Gasteiger charge is -2.40. The molecule has 2 unspecified atom stereocenters. The molecule has 10 rings (SSSR count). The van der Waals surface area contributed by atoms with E-state index in [0.717, 1.165) is 89.2 Å². The molecule has 2 spiro atoms. The molecule has 0 aromatic heterocycles. The van der Waals surface area contributed by atoms with Crippen molar-refractivity contribution in [2.45, 2.75) is 108 Å². The number of phenolic OH excluding ortho intramolecular Hbond substituents is 1. The van der Waals surface area contributed by atoms with Gasteiger partial charge in [-0.1, -0.05) is 42.5 Å². The van der Waals surface area contributed by atoms with Crippen LogP contribution in [-0.2, 0) is 39.1 Å². The first-order valence-corrected chi connectivity index (χ1v) is 21.7. The molecule has 1 aliphatic carbocycles. The lowest BCUT2D eigenvalue weighted by atomic mass is 9.73. The Bertz CT molecular complexity index is 1990. The van der Waals surface area contributed by atoms with Gasteiger partial charge in [-0.3, -0.25) is 19.7 Å². The number of likely N-dealkylation sites (tertiary alicyclic amines) is 1. The molecule has 10 heteroatoms. The molecule has 4 saturated heterocycles. The van der Waals surface area contributed by atoms with Gasteiger partial charge in [-0.15, -0.1) is 0 Å². The Balaban J connectivity index is 0.000000263. The number of anilines is 1. The average Bonchev–Trinajstić information content (AvgIpc) is 3.92. The number of carbonyl (C=O) groups excluding carboxylic acids is 3. The van der Waals surface area contributed by atoms with Crippen LogP contribution in [0.25, 0.3) is 0 Å². The van der Waals surface area contributed by atoms with Crippen LogP contribution in [0.3, 0.4) is 0 Å². The number of nitrogens with zero attached hydrogens (tertiary/aromatic N) is 3. The van der Waals surface area contributed by atoms with E-state index in [4.69, 9.17) is 9.47 Å². The van der Waals surface area contributed by atoms with Crippen LogP contribution in [0.5, 0.6) is 11.5 Å². The van der Waals surface area contributed by atoms with Crippen LogP contribution < -0.4 is 15.0 Å². The molecule has 7 aliphatic rings. The Morgan fingerprint density at radius 1 is 0.862 bits per heavy atom. The fourth-order valence-electron chi connectivity index (χ4n) is 10.4. The van der Waals surface area contributed by atoms with Gasteiger partial charge < -0.3 is 29.3 Å². The van der Waals surface area contributed by atoms with Gasteiger partial charge in [0.2, 0.25) is 11.8 Å². The van der Waals surface area contributed by atoms with Crippen LogP contribution in [0.4, 0.5) is 5.69 Å². The zero-order valence-electron chi connectivity index (χ0n) is 34.3. The standard InChI is InChI=1S/C34H40N4O5.C10H12O.C4H8/c39-29-9-8-28(31(40)35-29)38-20-26-25(32(38)41)6-7-27-30(26)42-22-33(27)10-14-36(15-11-33)19-23-18-34(43-21-23)12-16-37(17-13-34)24-4-2-1-3-5-24;11-10-6-5-8-3-1-2-4-9(8)7-10;1-3-4-2/h1-7,23,28H,8-22H2,(H,35,39,40);5-7,11H,1-4H2;3-4H,1-2H3/b;;4-3-. The molecule has 308 valence electrons. The van der Waals surface area contributed by atoms with Gasteiger partial charge in [-0.25, -0.2) is 0 Å². The molecule has 0 saturated carbocycles. The zero-order chi connectivity index (χ0) is 40.3. The number of imide groups is 1. The molecular weight excluding hydrogens is 729 g/mol.